The Kier molecular flexibility index (Phi) is 7.45. The van der Waals surface area contributed by atoms with Crippen LogP contribution in [-0.4, -0.2) is 63.2 Å². The highest BCUT2D eigenvalue weighted by Crippen LogP contribution is 2.23. The number of hydrogen-bond acceptors (Lipinski definition) is 9. The molecule has 11 heteroatoms. The molecule has 35 heavy (non-hydrogen) atoms. The summed E-state index contributed by atoms with van der Waals surface area (Å²) in [6, 6.07) is 13.4. The van der Waals surface area contributed by atoms with Gasteiger partial charge in [-0.2, -0.15) is 9.36 Å². The number of aromatic nitrogens is 3. The zero-order valence-corrected chi connectivity index (χ0v) is 20.7. The van der Waals surface area contributed by atoms with Crippen molar-refractivity contribution in [1.29, 1.82) is 0 Å². The SMILES string of the molecule is CC(C)(C)OC(=O)Nc1nc(-c2ccc(N3CCN(C(=O)OCc4ccccc4)CC3)cn2)ns1. The Balaban J connectivity index is 1.27. The maximum absolute atomic E-state index is 12.4. The summed E-state index contributed by atoms with van der Waals surface area (Å²) >= 11 is 1.06. The number of anilines is 2. The van der Waals surface area contributed by atoms with E-state index in [1.807, 2.05) is 42.5 Å². The summed E-state index contributed by atoms with van der Waals surface area (Å²) in [5.41, 5.74) is 1.93. The Bertz CT molecular complexity index is 1140. The fraction of sp³-hybridized carbons (Fsp3) is 0.375. The van der Waals surface area contributed by atoms with Gasteiger partial charge in [-0.25, -0.2) is 9.59 Å². The molecule has 0 saturated carbocycles. The van der Waals surface area contributed by atoms with Crippen LogP contribution in [0.15, 0.2) is 48.7 Å². The number of ether oxygens (including phenoxy) is 2. The third-order valence-electron chi connectivity index (χ3n) is 5.12. The molecule has 0 radical (unpaired) electrons. The van der Waals surface area contributed by atoms with E-state index in [2.05, 4.69) is 24.6 Å². The number of piperazine rings is 1. The van der Waals surface area contributed by atoms with Gasteiger partial charge in [-0.15, -0.1) is 0 Å². The number of nitrogens with zero attached hydrogens (tertiary/aromatic N) is 5. The summed E-state index contributed by atoms with van der Waals surface area (Å²) in [5, 5.41) is 2.93. The zero-order valence-electron chi connectivity index (χ0n) is 19.9. The van der Waals surface area contributed by atoms with Crippen molar-refractivity contribution >= 4 is 34.5 Å². The van der Waals surface area contributed by atoms with Crippen LogP contribution in [0, 0.1) is 0 Å². The van der Waals surface area contributed by atoms with Gasteiger partial charge in [-0.1, -0.05) is 30.3 Å². The lowest BCUT2D eigenvalue weighted by atomic mass is 10.2. The Morgan fingerprint density at radius 2 is 1.80 bits per heavy atom. The molecule has 184 valence electrons. The average Bonchev–Trinajstić information content (AvgIpc) is 3.30. The first-order chi connectivity index (χ1) is 16.8. The number of pyridine rings is 1. The molecule has 1 fully saturated rings. The van der Waals surface area contributed by atoms with Gasteiger partial charge in [0, 0.05) is 37.7 Å². The van der Waals surface area contributed by atoms with Crippen LogP contribution < -0.4 is 10.2 Å². The first-order valence-corrected chi connectivity index (χ1v) is 12.0. The Morgan fingerprint density at radius 1 is 1.06 bits per heavy atom. The van der Waals surface area contributed by atoms with Crippen molar-refractivity contribution < 1.29 is 19.1 Å². The van der Waals surface area contributed by atoms with Crippen LogP contribution in [0.4, 0.5) is 20.4 Å². The fourth-order valence-electron chi connectivity index (χ4n) is 3.43. The van der Waals surface area contributed by atoms with Crippen LogP contribution in [0.3, 0.4) is 0 Å². The number of hydrogen-bond donors (Lipinski definition) is 1. The molecule has 0 spiro atoms. The van der Waals surface area contributed by atoms with E-state index in [0.717, 1.165) is 22.8 Å². The normalized spacial score (nSPS) is 13.9. The molecule has 0 aliphatic carbocycles. The van der Waals surface area contributed by atoms with Gasteiger partial charge >= 0.3 is 12.2 Å². The molecule has 1 aromatic carbocycles. The van der Waals surface area contributed by atoms with Gasteiger partial charge in [-0.05, 0) is 38.5 Å². The van der Waals surface area contributed by atoms with E-state index in [4.69, 9.17) is 9.47 Å². The van der Waals surface area contributed by atoms with Gasteiger partial charge in [0.25, 0.3) is 0 Å². The van der Waals surface area contributed by atoms with E-state index >= 15 is 0 Å². The van der Waals surface area contributed by atoms with Crippen molar-refractivity contribution in [3.63, 3.8) is 0 Å². The van der Waals surface area contributed by atoms with Crippen LogP contribution in [0.25, 0.3) is 11.5 Å². The van der Waals surface area contributed by atoms with Crippen molar-refractivity contribution in [3.8, 4) is 11.5 Å². The number of carbonyl (C=O) groups excluding carboxylic acids is 2. The number of rotatable bonds is 5. The molecule has 1 N–H and O–H groups in total. The molecule has 0 atom stereocenters. The van der Waals surface area contributed by atoms with Gasteiger partial charge in [0.05, 0.1) is 11.9 Å². The Hall–Kier alpha value is -3.73. The van der Waals surface area contributed by atoms with Crippen molar-refractivity contribution in [2.24, 2.45) is 0 Å². The monoisotopic (exact) mass is 496 g/mol. The molecule has 2 aromatic heterocycles. The maximum atomic E-state index is 12.4. The molecule has 2 amide bonds. The van der Waals surface area contributed by atoms with Crippen LogP contribution in [0.5, 0.6) is 0 Å². The van der Waals surface area contributed by atoms with E-state index < -0.39 is 11.7 Å². The highest BCUT2D eigenvalue weighted by molar-refractivity contribution is 7.10. The predicted octanol–water partition coefficient (Wildman–Crippen LogP) is 4.41. The average molecular weight is 497 g/mol. The molecular formula is C24H28N6O4S. The van der Waals surface area contributed by atoms with Crippen LogP contribution in [0.1, 0.15) is 26.3 Å². The third kappa shape index (κ3) is 6.89. The van der Waals surface area contributed by atoms with Gasteiger partial charge in [0.1, 0.15) is 17.9 Å². The van der Waals surface area contributed by atoms with Gasteiger partial charge < -0.3 is 19.3 Å². The van der Waals surface area contributed by atoms with E-state index in [9.17, 15) is 9.59 Å². The third-order valence-corrected chi connectivity index (χ3v) is 5.75. The number of nitrogens with one attached hydrogen (secondary N) is 1. The molecule has 3 heterocycles. The van der Waals surface area contributed by atoms with E-state index in [-0.39, 0.29) is 12.7 Å². The second-order valence-corrected chi connectivity index (χ2v) is 9.72. The first-order valence-electron chi connectivity index (χ1n) is 11.3. The largest absolute Gasteiger partial charge is 0.445 e. The first kappa shape index (κ1) is 24.4. The van der Waals surface area contributed by atoms with Crippen molar-refractivity contribution in [3.05, 3.63) is 54.2 Å². The zero-order chi connectivity index (χ0) is 24.8. The number of benzene rings is 1. The van der Waals surface area contributed by atoms with Gasteiger partial charge in [-0.3, -0.25) is 10.3 Å². The maximum Gasteiger partial charge on any atom is 0.414 e. The molecule has 10 nitrogen and oxygen atoms in total. The van der Waals surface area contributed by atoms with Gasteiger partial charge in [0.15, 0.2) is 5.82 Å². The molecule has 3 aromatic rings. The lowest BCUT2D eigenvalue weighted by molar-refractivity contribution is 0.0635. The molecule has 1 saturated heterocycles. The second-order valence-electron chi connectivity index (χ2n) is 8.97. The lowest BCUT2D eigenvalue weighted by Gasteiger charge is -2.35. The Labute approximate surface area is 208 Å². The molecule has 0 bridgehead atoms. The standard InChI is InChI=1S/C24H28N6O4S/c1-24(2,3)34-22(31)27-21-26-20(28-35-21)19-10-9-18(15-25-19)29-11-13-30(14-12-29)23(32)33-16-17-7-5-4-6-8-17/h4-10,15H,11-14,16H2,1-3H3,(H,26,27,28,31). The summed E-state index contributed by atoms with van der Waals surface area (Å²) in [7, 11) is 0. The smallest absolute Gasteiger partial charge is 0.414 e. The quantitative estimate of drug-likeness (QED) is 0.553. The van der Waals surface area contributed by atoms with Crippen LogP contribution in [-0.2, 0) is 16.1 Å². The highest BCUT2D eigenvalue weighted by Gasteiger charge is 2.23. The highest BCUT2D eigenvalue weighted by atomic mass is 32.1. The summed E-state index contributed by atoms with van der Waals surface area (Å²) in [5.74, 6) is 0.429. The molecular weight excluding hydrogens is 468 g/mol. The second kappa shape index (κ2) is 10.7. The van der Waals surface area contributed by atoms with Gasteiger partial charge in [0.2, 0.25) is 5.13 Å². The molecule has 0 unspecified atom stereocenters. The van der Waals surface area contributed by atoms with Crippen molar-refractivity contribution in [2.75, 3.05) is 36.4 Å². The minimum absolute atomic E-state index is 0.269. The van der Waals surface area contributed by atoms with Crippen molar-refractivity contribution in [1.82, 2.24) is 19.2 Å². The molecule has 1 aliphatic rings. The molecule has 4 rings (SSSR count). The molecule has 1 aliphatic heterocycles. The van der Waals surface area contributed by atoms with Crippen molar-refractivity contribution in [2.45, 2.75) is 33.0 Å². The minimum Gasteiger partial charge on any atom is -0.445 e. The summed E-state index contributed by atoms with van der Waals surface area (Å²) in [6.45, 7) is 8.15. The topological polar surface area (TPSA) is 110 Å². The fourth-order valence-corrected chi connectivity index (χ4v) is 4.00. The Morgan fingerprint density at radius 3 is 2.46 bits per heavy atom. The van der Waals surface area contributed by atoms with E-state index in [0.29, 0.717) is 42.8 Å². The summed E-state index contributed by atoms with van der Waals surface area (Å²) in [6.07, 6.45) is 0.889. The predicted molar refractivity (Wildman–Crippen MR) is 133 cm³/mol. The summed E-state index contributed by atoms with van der Waals surface area (Å²) < 4.78 is 14.9. The summed E-state index contributed by atoms with van der Waals surface area (Å²) in [4.78, 5) is 37.0. The van der Waals surface area contributed by atoms with E-state index in [1.54, 1.807) is 31.9 Å². The van der Waals surface area contributed by atoms with Crippen LogP contribution in [0.2, 0.25) is 0 Å². The lowest BCUT2D eigenvalue weighted by Crippen LogP contribution is -2.49. The number of amides is 2. The minimum atomic E-state index is -0.594. The van der Waals surface area contributed by atoms with E-state index in [1.165, 1.54) is 0 Å². The number of carbonyl (C=O) groups is 2. The van der Waals surface area contributed by atoms with Crippen LogP contribution >= 0.6 is 11.5 Å².